The van der Waals surface area contributed by atoms with Crippen LogP contribution in [0.1, 0.15) is 40.5 Å². The van der Waals surface area contributed by atoms with E-state index in [9.17, 15) is 4.79 Å². The first-order valence-electron chi connectivity index (χ1n) is 4.33. The third kappa shape index (κ3) is 5.89. The standard InChI is InChI=1S/C9H19NO/c1-5-9(6-7(2)3)10-8(4)11/h7,9H,5-6H2,1-4H3,(H,10,11). The summed E-state index contributed by atoms with van der Waals surface area (Å²) in [7, 11) is 0. The highest BCUT2D eigenvalue weighted by atomic mass is 16.1. The van der Waals surface area contributed by atoms with Crippen molar-refractivity contribution in [3.63, 3.8) is 0 Å². The quantitative estimate of drug-likeness (QED) is 0.664. The molecule has 2 heteroatoms. The molecular weight excluding hydrogens is 138 g/mol. The number of nitrogens with one attached hydrogen (secondary N) is 1. The van der Waals surface area contributed by atoms with Crippen LogP contribution in [0.25, 0.3) is 0 Å². The molecule has 1 unspecified atom stereocenters. The lowest BCUT2D eigenvalue weighted by molar-refractivity contribution is -0.119. The van der Waals surface area contributed by atoms with Crippen molar-refractivity contribution in [2.45, 2.75) is 46.6 Å². The molecule has 66 valence electrons. The third-order valence-corrected chi connectivity index (χ3v) is 1.66. The molecule has 0 aliphatic heterocycles. The lowest BCUT2D eigenvalue weighted by atomic mass is 10.0. The molecule has 0 saturated heterocycles. The Morgan fingerprint density at radius 3 is 2.27 bits per heavy atom. The van der Waals surface area contributed by atoms with Crippen molar-refractivity contribution in [1.29, 1.82) is 0 Å². The van der Waals surface area contributed by atoms with Crippen LogP contribution >= 0.6 is 0 Å². The molecule has 1 amide bonds. The Hall–Kier alpha value is -0.530. The number of rotatable bonds is 4. The van der Waals surface area contributed by atoms with E-state index in [2.05, 4.69) is 26.1 Å². The maximum Gasteiger partial charge on any atom is 0.217 e. The largest absolute Gasteiger partial charge is 0.354 e. The van der Waals surface area contributed by atoms with Gasteiger partial charge < -0.3 is 5.32 Å². The molecule has 0 bridgehead atoms. The zero-order chi connectivity index (χ0) is 8.85. The highest BCUT2D eigenvalue weighted by Gasteiger charge is 2.08. The first-order chi connectivity index (χ1) is 5.06. The summed E-state index contributed by atoms with van der Waals surface area (Å²) < 4.78 is 0. The minimum atomic E-state index is 0.0810. The topological polar surface area (TPSA) is 29.1 Å². The van der Waals surface area contributed by atoms with Gasteiger partial charge >= 0.3 is 0 Å². The van der Waals surface area contributed by atoms with Crippen molar-refractivity contribution < 1.29 is 4.79 Å². The van der Waals surface area contributed by atoms with E-state index in [4.69, 9.17) is 0 Å². The van der Waals surface area contributed by atoms with Crippen LogP contribution in [-0.2, 0) is 4.79 Å². The normalized spacial score (nSPS) is 13.2. The summed E-state index contributed by atoms with van der Waals surface area (Å²) in [5.41, 5.74) is 0. The second-order valence-corrected chi connectivity index (χ2v) is 3.44. The Morgan fingerprint density at radius 1 is 1.45 bits per heavy atom. The fourth-order valence-electron chi connectivity index (χ4n) is 1.18. The van der Waals surface area contributed by atoms with Crippen molar-refractivity contribution in [2.24, 2.45) is 5.92 Å². The van der Waals surface area contributed by atoms with Crippen LogP contribution in [0.15, 0.2) is 0 Å². The molecule has 2 nitrogen and oxygen atoms in total. The SMILES string of the molecule is CCC(CC(C)C)NC(C)=O. The second-order valence-electron chi connectivity index (χ2n) is 3.44. The number of amides is 1. The van der Waals surface area contributed by atoms with Gasteiger partial charge in [0.1, 0.15) is 0 Å². The molecule has 1 atom stereocenters. The highest BCUT2D eigenvalue weighted by molar-refractivity contribution is 5.73. The summed E-state index contributed by atoms with van der Waals surface area (Å²) >= 11 is 0. The molecule has 0 aliphatic rings. The monoisotopic (exact) mass is 157 g/mol. The number of hydrogen-bond donors (Lipinski definition) is 1. The molecule has 11 heavy (non-hydrogen) atoms. The maximum absolute atomic E-state index is 10.7. The summed E-state index contributed by atoms with van der Waals surface area (Å²) in [6, 6.07) is 0.368. The molecule has 0 aromatic carbocycles. The molecule has 0 heterocycles. The predicted octanol–water partition coefficient (Wildman–Crippen LogP) is 1.95. The van der Waals surface area contributed by atoms with Crippen LogP contribution in [0, 0.1) is 5.92 Å². The lowest BCUT2D eigenvalue weighted by Gasteiger charge is -2.17. The Labute approximate surface area is 69.4 Å². The lowest BCUT2D eigenvalue weighted by Crippen LogP contribution is -2.33. The van der Waals surface area contributed by atoms with Crippen LogP contribution < -0.4 is 5.32 Å². The molecule has 0 aromatic heterocycles. The minimum absolute atomic E-state index is 0.0810. The van der Waals surface area contributed by atoms with E-state index in [0.717, 1.165) is 12.8 Å². The van der Waals surface area contributed by atoms with E-state index in [-0.39, 0.29) is 5.91 Å². The van der Waals surface area contributed by atoms with Crippen molar-refractivity contribution in [1.82, 2.24) is 5.32 Å². The Bertz CT molecular complexity index is 121. The predicted molar refractivity (Wildman–Crippen MR) is 47.4 cm³/mol. The molecule has 1 N–H and O–H groups in total. The van der Waals surface area contributed by atoms with E-state index < -0.39 is 0 Å². The van der Waals surface area contributed by atoms with Gasteiger partial charge in [0.15, 0.2) is 0 Å². The summed E-state index contributed by atoms with van der Waals surface area (Å²) in [4.78, 5) is 10.7. The molecule has 0 fully saturated rings. The summed E-state index contributed by atoms with van der Waals surface area (Å²) in [6.07, 6.45) is 2.10. The van der Waals surface area contributed by atoms with Crippen molar-refractivity contribution >= 4 is 5.91 Å². The number of carbonyl (C=O) groups is 1. The van der Waals surface area contributed by atoms with Crippen molar-refractivity contribution in [3.8, 4) is 0 Å². The number of carbonyl (C=O) groups excluding carboxylic acids is 1. The van der Waals surface area contributed by atoms with Crippen LogP contribution in [-0.4, -0.2) is 11.9 Å². The van der Waals surface area contributed by atoms with Crippen LogP contribution in [0.5, 0.6) is 0 Å². The van der Waals surface area contributed by atoms with Gasteiger partial charge in [-0.15, -0.1) is 0 Å². The average Bonchev–Trinajstić information content (AvgIpc) is 1.84. The zero-order valence-corrected chi connectivity index (χ0v) is 7.98. The van der Waals surface area contributed by atoms with Gasteiger partial charge in [-0.05, 0) is 18.8 Å². The molecule has 0 aliphatic carbocycles. The third-order valence-electron chi connectivity index (χ3n) is 1.66. The van der Waals surface area contributed by atoms with Gasteiger partial charge in [-0.3, -0.25) is 4.79 Å². The van der Waals surface area contributed by atoms with Crippen LogP contribution in [0.2, 0.25) is 0 Å². The van der Waals surface area contributed by atoms with E-state index in [1.54, 1.807) is 6.92 Å². The average molecular weight is 157 g/mol. The van der Waals surface area contributed by atoms with Crippen LogP contribution in [0.4, 0.5) is 0 Å². The summed E-state index contributed by atoms with van der Waals surface area (Å²) in [5, 5.41) is 2.92. The van der Waals surface area contributed by atoms with Gasteiger partial charge in [0, 0.05) is 13.0 Å². The van der Waals surface area contributed by atoms with Gasteiger partial charge in [-0.1, -0.05) is 20.8 Å². The van der Waals surface area contributed by atoms with E-state index in [0.29, 0.717) is 12.0 Å². The van der Waals surface area contributed by atoms with Gasteiger partial charge in [0.05, 0.1) is 0 Å². The highest BCUT2D eigenvalue weighted by Crippen LogP contribution is 2.06. The van der Waals surface area contributed by atoms with Crippen LogP contribution in [0.3, 0.4) is 0 Å². The van der Waals surface area contributed by atoms with Crippen molar-refractivity contribution in [3.05, 3.63) is 0 Å². The zero-order valence-electron chi connectivity index (χ0n) is 7.98. The van der Waals surface area contributed by atoms with Gasteiger partial charge in [-0.2, -0.15) is 0 Å². The summed E-state index contributed by atoms with van der Waals surface area (Å²) in [5.74, 6) is 0.740. The first-order valence-corrected chi connectivity index (χ1v) is 4.33. The molecule has 0 saturated carbocycles. The first kappa shape index (κ1) is 10.5. The summed E-state index contributed by atoms with van der Waals surface area (Å²) in [6.45, 7) is 8.01. The van der Waals surface area contributed by atoms with Gasteiger partial charge in [-0.25, -0.2) is 0 Å². The number of hydrogen-bond acceptors (Lipinski definition) is 1. The van der Waals surface area contributed by atoms with Gasteiger partial charge in [0.25, 0.3) is 0 Å². The Kier molecular flexibility index (Phi) is 4.92. The molecular formula is C9H19NO. The molecule has 0 radical (unpaired) electrons. The molecule has 0 spiro atoms. The second kappa shape index (κ2) is 5.16. The van der Waals surface area contributed by atoms with Gasteiger partial charge in [0.2, 0.25) is 5.91 Å². The van der Waals surface area contributed by atoms with Crippen molar-refractivity contribution in [2.75, 3.05) is 0 Å². The Morgan fingerprint density at radius 2 is 2.00 bits per heavy atom. The fourth-order valence-corrected chi connectivity index (χ4v) is 1.18. The smallest absolute Gasteiger partial charge is 0.217 e. The fraction of sp³-hybridized carbons (Fsp3) is 0.889. The van der Waals surface area contributed by atoms with E-state index >= 15 is 0 Å². The maximum atomic E-state index is 10.7. The van der Waals surface area contributed by atoms with E-state index in [1.807, 2.05) is 0 Å². The minimum Gasteiger partial charge on any atom is -0.354 e. The molecule has 0 rings (SSSR count). The molecule has 0 aromatic rings. The van der Waals surface area contributed by atoms with E-state index in [1.165, 1.54) is 0 Å². The Balaban J connectivity index is 3.66.